The lowest BCUT2D eigenvalue weighted by Gasteiger charge is -2.25. The van der Waals surface area contributed by atoms with Gasteiger partial charge in [-0.05, 0) is 55.9 Å². The van der Waals surface area contributed by atoms with Crippen LogP contribution in [-0.2, 0) is 19.3 Å². The van der Waals surface area contributed by atoms with Gasteiger partial charge in [-0.25, -0.2) is 4.98 Å². The van der Waals surface area contributed by atoms with Crippen LogP contribution in [0.3, 0.4) is 0 Å². The van der Waals surface area contributed by atoms with Crippen LogP contribution in [-0.4, -0.2) is 26.1 Å². The van der Waals surface area contributed by atoms with Gasteiger partial charge in [0.1, 0.15) is 11.5 Å². The van der Waals surface area contributed by atoms with Gasteiger partial charge in [0.15, 0.2) is 5.11 Å². The van der Waals surface area contributed by atoms with Crippen molar-refractivity contribution in [2.75, 3.05) is 11.9 Å². The Labute approximate surface area is 182 Å². The quantitative estimate of drug-likeness (QED) is 0.459. The molecule has 0 unspecified atom stereocenters. The number of benzene rings is 1. The molecule has 3 aromatic rings. The summed E-state index contributed by atoms with van der Waals surface area (Å²) in [6, 6.07) is 7.32. The van der Waals surface area contributed by atoms with Gasteiger partial charge in [-0.3, -0.25) is 0 Å². The van der Waals surface area contributed by atoms with E-state index in [1.165, 1.54) is 12.1 Å². The summed E-state index contributed by atoms with van der Waals surface area (Å²) in [7, 11) is 0. The van der Waals surface area contributed by atoms with Gasteiger partial charge < -0.3 is 19.2 Å². The molecule has 0 aliphatic carbocycles. The number of hydrogen-bond acceptors (Lipinski definition) is 3. The Kier molecular flexibility index (Phi) is 7.04. The van der Waals surface area contributed by atoms with Crippen LogP contribution in [0.1, 0.15) is 23.5 Å². The molecular formula is C20H20ClF3N4OS. The van der Waals surface area contributed by atoms with Crippen molar-refractivity contribution in [1.82, 2.24) is 14.5 Å². The second-order valence-electron chi connectivity index (χ2n) is 6.71. The standard InChI is InChI=1S/C20H20ClF3N4OS/c1-14-3-5-16(29-14)12-28(9-2-8-27-10-7-25-13-27)19(30)26-15-4-6-18(21)17(11-15)20(22,23)24/h3-7,10-11,13H,2,8-9,12H2,1H3,(H,26,30). The Morgan fingerprint density at radius 2 is 2.10 bits per heavy atom. The lowest BCUT2D eigenvalue weighted by Crippen LogP contribution is -2.35. The number of nitrogens with zero attached hydrogens (tertiary/aromatic N) is 3. The van der Waals surface area contributed by atoms with Crippen molar-refractivity contribution in [2.24, 2.45) is 0 Å². The number of aryl methyl sites for hydroxylation is 2. The van der Waals surface area contributed by atoms with Crippen LogP contribution in [0.15, 0.2) is 53.5 Å². The molecule has 0 radical (unpaired) electrons. The molecule has 10 heteroatoms. The summed E-state index contributed by atoms with van der Waals surface area (Å²) in [5.41, 5.74) is -0.697. The lowest BCUT2D eigenvalue weighted by molar-refractivity contribution is -0.137. The molecule has 0 saturated carbocycles. The van der Waals surface area contributed by atoms with E-state index in [4.69, 9.17) is 28.2 Å². The first-order valence-corrected chi connectivity index (χ1v) is 9.95. The minimum atomic E-state index is -4.55. The number of aromatic nitrogens is 2. The maximum atomic E-state index is 13.1. The molecule has 0 atom stereocenters. The van der Waals surface area contributed by atoms with Crippen LogP contribution in [0, 0.1) is 6.92 Å². The number of furan rings is 1. The van der Waals surface area contributed by atoms with Gasteiger partial charge in [0.05, 0.1) is 23.5 Å². The molecule has 160 valence electrons. The van der Waals surface area contributed by atoms with E-state index in [1.54, 1.807) is 12.5 Å². The monoisotopic (exact) mass is 456 g/mol. The zero-order chi connectivity index (χ0) is 21.7. The smallest absolute Gasteiger partial charge is 0.417 e. The van der Waals surface area contributed by atoms with Gasteiger partial charge in [0.2, 0.25) is 0 Å². The van der Waals surface area contributed by atoms with Crippen molar-refractivity contribution < 1.29 is 17.6 Å². The Bertz CT molecular complexity index is 988. The third-order valence-corrected chi connectivity index (χ3v) is 5.05. The third-order valence-electron chi connectivity index (χ3n) is 4.36. The number of hydrogen-bond donors (Lipinski definition) is 1. The topological polar surface area (TPSA) is 46.2 Å². The van der Waals surface area contributed by atoms with Crippen LogP contribution in [0.5, 0.6) is 0 Å². The molecule has 30 heavy (non-hydrogen) atoms. The summed E-state index contributed by atoms with van der Waals surface area (Å²) in [5, 5.41) is 2.83. The molecule has 0 bridgehead atoms. The first-order valence-electron chi connectivity index (χ1n) is 9.16. The number of nitrogens with one attached hydrogen (secondary N) is 1. The molecule has 2 aromatic heterocycles. The summed E-state index contributed by atoms with van der Waals surface area (Å²) < 4.78 is 47.0. The maximum Gasteiger partial charge on any atom is 0.417 e. The number of anilines is 1. The lowest BCUT2D eigenvalue weighted by atomic mass is 10.2. The molecule has 3 rings (SSSR count). The van der Waals surface area contributed by atoms with Gasteiger partial charge in [0.25, 0.3) is 0 Å². The van der Waals surface area contributed by atoms with Crippen molar-refractivity contribution in [1.29, 1.82) is 0 Å². The number of thiocarbonyl (C=S) groups is 1. The maximum absolute atomic E-state index is 13.1. The fraction of sp³-hybridized carbons (Fsp3) is 0.300. The average Bonchev–Trinajstić information content (AvgIpc) is 3.33. The van der Waals surface area contributed by atoms with Crippen LogP contribution >= 0.6 is 23.8 Å². The first kappa shape index (κ1) is 22.2. The van der Waals surface area contributed by atoms with Crippen molar-refractivity contribution in [3.63, 3.8) is 0 Å². The zero-order valence-corrected chi connectivity index (χ0v) is 17.7. The molecule has 0 aliphatic heterocycles. The Morgan fingerprint density at radius 3 is 2.73 bits per heavy atom. The largest absolute Gasteiger partial charge is 0.464 e. The van der Waals surface area contributed by atoms with Crippen molar-refractivity contribution in [3.05, 3.63) is 71.2 Å². The van der Waals surface area contributed by atoms with E-state index in [1.807, 2.05) is 34.7 Å². The molecule has 0 aliphatic rings. The predicted octanol–water partition coefficient (Wildman–Crippen LogP) is 5.75. The Hall–Kier alpha value is -2.52. The number of alkyl halides is 3. The van der Waals surface area contributed by atoms with E-state index < -0.39 is 11.7 Å². The van der Waals surface area contributed by atoms with Gasteiger partial charge in [-0.1, -0.05) is 11.6 Å². The molecule has 0 amide bonds. The number of halogens is 4. The van der Waals surface area contributed by atoms with Crippen LogP contribution in [0.2, 0.25) is 5.02 Å². The fourth-order valence-electron chi connectivity index (χ4n) is 2.90. The third kappa shape index (κ3) is 5.99. The highest BCUT2D eigenvalue weighted by molar-refractivity contribution is 7.80. The molecular weight excluding hydrogens is 437 g/mol. The highest BCUT2D eigenvalue weighted by Gasteiger charge is 2.33. The molecule has 0 fully saturated rings. The van der Waals surface area contributed by atoms with Crippen molar-refractivity contribution >= 4 is 34.6 Å². The van der Waals surface area contributed by atoms with Crippen molar-refractivity contribution in [2.45, 2.75) is 32.6 Å². The molecule has 5 nitrogen and oxygen atoms in total. The van der Waals surface area contributed by atoms with E-state index in [9.17, 15) is 13.2 Å². The number of imidazole rings is 1. The van der Waals surface area contributed by atoms with Crippen molar-refractivity contribution in [3.8, 4) is 0 Å². The normalized spacial score (nSPS) is 11.5. The molecule has 1 N–H and O–H groups in total. The highest BCUT2D eigenvalue weighted by Crippen LogP contribution is 2.36. The summed E-state index contributed by atoms with van der Waals surface area (Å²) in [6.45, 7) is 3.54. The van der Waals surface area contributed by atoms with Gasteiger partial charge in [-0.15, -0.1) is 0 Å². The van der Waals surface area contributed by atoms with E-state index in [-0.39, 0.29) is 10.7 Å². The molecule has 0 saturated heterocycles. The summed E-state index contributed by atoms with van der Waals surface area (Å²) in [6.07, 6.45) is 1.50. The first-order chi connectivity index (χ1) is 14.2. The summed E-state index contributed by atoms with van der Waals surface area (Å²) in [5.74, 6) is 1.49. The van der Waals surface area contributed by atoms with Crippen LogP contribution in [0.4, 0.5) is 18.9 Å². The van der Waals surface area contributed by atoms with E-state index in [0.717, 1.165) is 24.8 Å². The predicted molar refractivity (Wildman–Crippen MR) is 113 cm³/mol. The fourth-order valence-corrected chi connectivity index (χ4v) is 3.39. The molecule has 1 aromatic carbocycles. The SMILES string of the molecule is Cc1ccc(CN(CCCn2ccnc2)C(=S)Nc2ccc(Cl)c(C(F)(F)F)c2)o1. The van der Waals surface area contributed by atoms with Gasteiger partial charge in [-0.2, -0.15) is 13.2 Å². The zero-order valence-electron chi connectivity index (χ0n) is 16.1. The van der Waals surface area contributed by atoms with Gasteiger partial charge >= 0.3 is 6.18 Å². The molecule has 0 spiro atoms. The highest BCUT2D eigenvalue weighted by atomic mass is 35.5. The second-order valence-corrected chi connectivity index (χ2v) is 7.50. The van der Waals surface area contributed by atoms with E-state index in [2.05, 4.69) is 10.3 Å². The minimum Gasteiger partial charge on any atom is -0.464 e. The second kappa shape index (κ2) is 9.53. The minimum absolute atomic E-state index is 0.215. The molecule has 2 heterocycles. The Balaban J connectivity index is 1.72. The van der Waals surface area contributed by atoms with Crippen LogP contribution in [0.25, 0.3) is 0 Å². The van der Waals surface area contributed by atoms with Gasteiger partial charge in [0, 0.05) is 31.2 Å². The average molecular weight is 457 g/mol. The van der Waals surface area contributed by atoms with Crippen LogP contribution < -0.4 is 5.32 Å². The summed E-state index contributed by atoms with van der Waals surface area (Å²) in [4.78, 5) is 5.86. The van der Waals surface area contributed by atoms with E-state index in [0.29, 0.717) is 24.0 Å². The van der Waals surface area contributed by atoms with E-state index >= 15 is 0 Å². The summed E-state index contributed by atoms with van der Waals surface area (Å²) >= 11 is 11.2. The Morgan fingerprint density at radius 1 is 1.30 bits per heavy atom. The number of rotatable bonds is 7.